The second kappa shape index (κ2) is 9.68. The number of likely N-dealkylation sites (tertiary alicyclic amines) is 1. The largest absolute Gasteiger partial charge is 0.466 e. The Hall–Kier alpha value is -3.29. The first-order valence-corrected chi connectivity index (χ1v) is 11.7. The zero-order valence-corrected chi connectivity index (χ0v) is 19.6. The van der Waals surface area contributed by atoms with Crippen molar-refractivity contribution in [3.8, 4) is 0 Å². The maximum absolute atomic E-state index is 13.0. The molecule has 0 spiro atoms. The second-order valence-electron chi connectivity index (χ2n) is 8.80. The highest BCUT2D eigenvalue weighted by atomic mass is 16.3. The average molecular weight is 453 g/mol. The van der Waals surface area contributed by atoms with Crippen LogP contribution in [0.3, 0.4) is 0 Å². The molecule has 1 N–H and O–H groups in total. The first kappa shape index (κ1) is 22.9. The van der Waals surface area contributed by atoms with Gasteiger partial charge in [-0.2, -0.15) is 0 Å². The summed E-state index contributed by atoms with van der Waals surface area (Å²) in [7, 11) is 0. The number of aromatic nitrogens is 2. The fraction of sp³-hybridized carbons (Fsp3) is 0.480. The number of nitrogens with one attached hydrogen (secondary N) is 1. The molecule has 2 amide bonds. The predicted molar refractivity (Wildman–Crippen MR) is 126 cm³/mol. The summed E-state index contributed by atoms with van der Waals surface area (Å²) in [5.74, 6) is 1.28. The quantitative estimate of drug-likeness (QED) is 0.592. The minimum absolute atomic E-state index is 0.0497. The van der Waals surface area contributed by atoms with Crippen LogP contribution in [-0.4, -0.2) is 57.3 Å². The molecule has 2 aromatic heterocycles. The lowest BCUT2D eigenvalue weighted by Gasteiger charge is -2.33. The number of aromatic amines is 1. The number of para-hydroxylation sites is 2. The minimum atomic E-state index is -0.0977. The molecule has 1 aliphatic heterocycles. The van der Waals surface area contributed by atoms with Gasteiger partial charge >= 0.3 is 5.69 Å². The number of fused-ring (bicyclic) bond motifs is 1. The van der Waals surface area contributed by atoms with Crippen molar-refractivity contribution < 1.29 is 14.0 Å². The van der Waals surface area contributed by atoms with Crippen molar-refractivity contribution in [2.45, 2.75) is 52.5 Å². The molecule has 1 aliphatic rings. The number of H-pyrrole nitrogens is 1. The molecule has 176 valence electrons. The Bertz CT molecular complexity index is 1200. The molecule has 1 fully saturated rings. The molecule has 0 radical (unpaired) electrons. The van der Waals surface area contributed by atoms with Gasteiger partial charge < -0.3 is 19.2 Å². The van der Waals surface area contributed by atoms with Gasteiger partial charge in [0, 0.05) is 38.6 Å². The van der Waals surface area contributed by atoms with Crippen LogP contribution in [0, 0.1) is 13.8 Å². The zero-order valence-electron chi connectivity index (χ0n) is 19.6. The smallest absolute Gasteiger partial charge is 0.326 e. The third kappa shape index (κ3) is 4.74. The topological polar surface area (TPSA) is 91.5 Å². The number of carbonyl (C=O) groups excluding carboxylic acids is 2. The van der Waals surface area contributed by atoms with E-state index in [9.17, 15) is 14.4 Å². The SMILES string of the molecule is CCCN(CCC(=O)N1CCC(n2c(=O)[nH]c3ccccc32)CC1)C(=O)c1cc(C)oc1C. The molecule has 0 unspecified atom stereocenters. The van der Waals surface area contributed by atoms with Gasteiger partial charge in [0.15, 0.2) is 0 Å². The third-order valence-corrected chi connectivity index (χ3v) is 6.45. The molecule has 1 saturated heterocycles. The molecule has 4 rings (SSSR count). The summed E-state index contributed by atoms with van der Waals surface area (Å²) in [5.41, 5.74) is 2.22. The van der Waals surface area contributed by atoms with Crippen LogP contribution in [0.15, 0.2) is 39.5 Å². The van der Waals surface area contributed by atoms with Crippen molar-refractivity contribution in [1.29, 1.82) is 0 Å². The number of piperidine rings is 1. The molecule has 0 aliphatic carbocycles. The van der Waals surface area contributed by atoms with Crippen molar-refractivity contribution in [2.24, 2.45) is 0 Å². The summed E-state index contributed by atoms with van der Waals surface area (Å²) < 4.78 is 7.34. The summed E-state index contributed by atoms with van der Waals surface area (Å²) in [6, 6.07) is 9.53. The Morgan fingerprint density at radius 2 is 1.88 bits per heavy atom. The number of imidazole rings is 1. The first-order valence-electron chi connectivity index (χ1n) is 11.7. The van der Waals surface area contributed by atoms with Gasteiger partial charge in [0.1, 0.15) is 11.5 Å². The molecule has 33 heavy (non-hydrogen) atoms. The van der Waals surface area contributed by atoms with Crippen LogP contribution in [-0.2, 0) is 4.79 Å². The van der Waals surface area contributed by atoms with Crippen molar-refractivity contribution in [3.63, 3.8) is 0 Å². The van der Waals surface area contributed by atoms with Gasteiger partial charge in [0.2, 0.25) is 5.91 Å². The summed E-state index contributed by atoms with van der Waals surface area (Å²) in [6.07, 6.45) is 2.58. The van der Waals surface area contributed by atoms with E-state index in [0.29, 0.717) is 49.7 Å². The number of aryl methyl sites for hydroxylation is 2. The van der Waals surface area contributed by atoms with Gasteiger partial charge in [0.05, 0.1) is 16.6 Å². The molecule has 8 heteroatoms. The fourth-order valence-electron chi connectivity index (χ4n) is 4.80. The number of hydrogen-bond donors (Lipinski definition) is 1. The van der Waals surface area contributed by atoms with Crippen molar-refractivity contribution >= 4 is 22.8 Å². The Balaban J connectivity index is 1.35. The van der Waals surface area contributed by atoms with Gasteiger partial charge in [-0.15, -0.1) is 0 Å². The maximum Gasteiger partial charge on any atom is 0.326 e. The van der Waals surface area contributed by atoms with E-state index in [1.54, 1.807) is 17.9 Å². The summed E-state index contributed by atoms with van der Waals surface area (Å²) >= 11 is 0. The lowest BCUT2D eigenvalue weighted by atomic mass is 10.0. The maximum atomic E-state index is 13.0. The predicted octanol–water partition coefficient (Wildman–Crippen LogP) is 3.65. The van der Waals surface area contributed by atoms with Crippen molar-refractivity contribution in [3.05, 3.63) is 57.9 Å². The summed E-state index contributed by atoms with van der Waals surface area (Å²) in [5, 5.41) is 0. The van der Waals surface area contributed by atoms with E-state index in [4.69, 9.17) is 4.42 Å². The molecule has 0 bridgehead atoms. The van der Waals surface area contributed by atoms with E-state index < -0.39 is 0 Å². The normalized spacial score (nSPS) is 14.7. The number of rotatable bonds is 7. The van der Waals surface area contributed by atoms with Gasteiger partial charge in [-0.3, -0.25) is 14.2 Å². The van der Waals surface area contributed by atoms with E-state index in [1.807, 2.05) is 47.6 Å². The van der Waals surface area contributed by atoms with Gasteiger partial charge in [-0.1, -0.05) is 19.1 Å². The standard InChI is InChI=1S/C25H32N4O4/c1-4-12-28(24(31)20-16-17(2)33-18(20)3)15-11-23(30)27-13-9-19(10-14-27)29-22-8-6-5-7-21(22)26-25(29)32/h5-8,16,19H,4,9-15H2,1-3H3,(H,26,32). The number of benzene rings is 1. The van der Waals surface area contributed by atoms with Crippen LogP contribution < -0.4 is 5.69 Å². The third-order valence-electron chi connectivity index (χ3n) is 6.45. The van der Waals surface area contributed by atoms with E-state index in [2.05, 4.69) is 4.98 Å². The molecular formula is C25H32N4O4. The van der Waals surface area contributed by atoms with Crippen LogP contribution in [0.25, 0.3) is 11.0 Å². The Morgan fingerprint density at radius 3 is 2.55 bits per heavy atom. The Kier molecular flexibility index (Phi) is 6.72. The molecule has 3 aromatic rings. The zero-order chi connectivity index (χ0) is 23.5. The molecule has 3 heterocycles. The van der Waals surface area contributed by atoms with Crippen LogP contribution in [0.4, 0.5) is 0 Å². The lowest BCUT2D eigenvalue weighted by Crippen LogP contribution is -2.42. The van der Waals surface area contributed by atoms with E-state index in [-0.39, 0.29) is 23.5 Å². The van der Waals surface area contributed by atoms with Gasteiger partial charge in [0.25, 0.3) is 5.91 Å². The average Bonchev–Trinajstić information content (AvgIpc) is 3.33. The number of carbonyl (C=O) groups is 2. The van der Waals surface area contributed by atoms with Crippen molar-refractivity contribution in [1.82, 2.24) is 19.4 Å². The lowest BCUT2D eigenvalue weighted by molar-refractivity contribution is -0.132. The van der Waals surface area contributed by atoms with Gasteiger partial charge in [-0.05, 0) is 51.3 Å². The highest BCUT2D eigenvalue weighted by molar-refractivity contribution is 5.95. The molecule has 0 atom stereocenters. The number of furan rings is 1. The first-order chi connectivity index (χ1) is 15.9. The fourth-order valence-corrected chi connectivity index (χ4v) is 4.80. The monoisotopic (exact) mass is 452 g/mol. The summed E-state index contributed by atoms with van der Waals surface area (Å²) in [4.78, 5) is 44.9. The van der Waals surface area contributed by atoms with E-state index in [1.165, 1.54) is 0 Å². The van der Waals surface area contributed by atoms with Crippen LogP contribution in [0.1, 0.15) is 60.5 Å². The number of hydrogen-bond acceptors (Lipinski definition) is 4. The molecular weight excluding hydrogens is 420 g/mol. The molecule has 8 nitrogen and oxygen atoms in total. The second-order valence-corrected chi connectivity index (χ2v) is 8.80. The molecule has 0 saturated carbocycles. The highest BCUT2D eigenvalue weighted by Crippen LogP contribution is 2.25. The van der Waals surface area contributed by atoms with E-state index in [0.717, 1.165) is 30.3 Å². The Morgan fingerprint density at radius 1 is 1.15 bits per heavy atom. The Labute approximate surface area is 193 Å². The van der Waals surface area contributed by atoms with Crippen LogP contribution in [0.5, 0.6) is 0 Å². The highest BCUT2D eigenvalue weighted by Gasteiger charge is 2.27. The van der Waals surface area contributed by atoms with Crippen LogP contribution >= 0.6 is 0 Å². The van der Waals surface area contributed by atoms with Gasteiger partial charge in [-0.25, -0.2) is 4.79 Å². The van der Waals surface area contributed by atoms with Crippen LogP contribution in [0.2, 0.25) is 0 Å². The number of nitrogens with zero attached hydrogens (tertiary/aromatic N) is 3. The summed E-state index contributed by atoms with van der Waals surface area (Å²) in [6.45, 7) is 7.84. The van der Waals surface area contributed by atoms with Crippen molar-refractivity contribution in [2.75, 3.05) is 26.2 Å². The van der Waals surface area contributed by atoms with E-state index >= 15 is 0 Å². The molecule has 1 aromatic carbocycles. The minimum Gasteiger partial charge on any atom is -0.466 e. The number of amides is 2.